The molecule has 2 nitrogen and oxygen atoms in total. The molecule has 0 spiro atoms. The predicted molar refractivity (Wildman–Crippen MR) is 67.2 cm³/mol. The van der Waals surface area contributed by atoms with Crippen molar-refractivity contribution in [2.45, 2.75) is 26.2 Å². The zero-order chi connectivity index (χ0) is 11.5. The van der Waals surface area contributed by atoms with Crippen LogP contribution in [0.5, 0.6) is 0 Å². The SMILES string of the molecule is CCCCC(=O)c1c[nH]c2cc(Cl)ccc12. The Kier molecular flexibility index (Phi) is 3.30. The van der Waals surface area contributed by atoms with Crippen LogP contribution in [0.3, 0.4) is 0 Å². The first-order valence-electron chi connectivity index (χ1n) is 5.52. The van der Waals surface area contributed by atoms with Crippen molar-refractivity contribution in [3.63, 3.8) is 0 Å². The number of nitrogens with one attached hydrogen (secondary N) is 1. The number of aromatic amines is 1. The number of unbranched alkanes of at least 4 members (excludes halogenated alkanes) is 1. The van der Waals surface area contributed by atoms with Crippen molar-refractivity contribution in [2.75, 3.05) is 0 Å². The Morgan fingerprint density at radius 1 is 1.44 bits per heavy atom. The smallest absolute Gasteiger partial charge is 0.165 e. The third-order valence-corrected chi connectivity index (χ3v) is 2.94. The fourth-order valence-electron chi connectivity index (χ4n) is 1.80. The van der Waals surface area contributed by atoms with Crippen LogP contribution < -0.4 is 0 Å². The number of hydrogen-bond donors (Lipinski definition) is 1. The van der Waals surface area contributed by atoms with E-state index in [1.165, 1.54) is 0 Å². The van der Waals surface area contributed by atoms with E-state index in [2.05, 4.69) is 11.9 Å². The summed E-state index contributed by atoms with van der Waals surface area (Å²) >= 11 is 5.89. The zero-order valence-corrected chi connectivity index (χ0v) is 9.97. The van der Waals surface area contributed by atoms with Gasteiger partial charge in [-0.15, -0.1) is 0 Å². The van der Waals surface area contributed by atoms with Crippen molar-refractivity contribution >= 4 is 28.3 Å². The molecule has 1 N–H and O–H groups in total. The standard InChI is InChI=1S/C13H14ClNO/c1-2-3-4-13(16)11-8-15-12-7-9(14)5-6-10(11)12/h5-8,15H,2-4H2,1H3. The van der Waals surface area contributed by atoms with Gasteiger partial charge in [-0.1, -0.05) is 31.0 Å². The fraction of sp³-hybridized carbons (Fsp3) is 0.308. The summed E-state index contributed by atoms with van der Waals surface area (Å²) in [4.78, 5) is 15.0. The summed E-state index contributed by atoms with van der Waals surface area (Å²) in [6, 6.07) is 5.55. The van der Waals surface area contributed by atoms with E-state index in [1.807, 2.05) is 18.2 Å². The molecule has 0 bridgehead atoms. The van der Waals surface area contributed by atoms with Gasteiger partial charge in [0.15, 0.2) is 5.78 Å². The minimum atomic E-state index is 0.204. The van der Waals surface area contributed by atoms with Gasteiger partial charge in [0, 0.05) is 34.1 Å². The van der Waals surface area contributed by atoms with E-state index in [-0.39, 0.29) is 5.78 Å². The summed E-state index contributed by atoms with van der Waals surface area (Å²) in [6.07, 6.45) is 4.38. The Morgan fingerprint density at radius 2 is 2.25 bits per heavy atom. The van der Waals surface area contributed by atoms with Gasteiger partial charge >= 0.3 is 0 Å². The maximum atomic E-state index is 11.9. The Labute approximate surface area is 99.6 Å². The first kappa shape index (κ1) is 11.2. The number of aromatic nitrogens is 1. The van der Waals surface area contributed by atoms with Crippen LogP contribution in [0.25, 0.3) is 10.9 Å². The van der Waals surface area contributed by atoms with E-state index in [9.17, 15) is 4.79 Å². The van der Waals surface area contributed by atoms with Crippen LogP contribution in [-0.4, -0.2) is 10.8 Å². The lowest BCUT2D eigenvalue weighted by molar-refractivity contribution is 0.0981. The second-order valence-corrected chi connectivity index (χ2v) is 4.36. The van der Waals surface area contributed by atoms with Gasteiger partial charge in [0.1, 0.15) is 0 Å². The number of ketones is 1. The molecular weight excluding hydrogens is 222 g/mol. The Bertz CT molecular complexity index is 516. The third kappa shape index (κ3) is 2.12. The van der Waals surface area contributed by atoms with Crippen molar-refractivity contribution in [2.24, 2.45) is 0 Å². The van der Waals surface area contributed by atoms with E-state index in [1.54, 1.807) is 6.20 Å². The predicted octanol–water partition coefficient (Wildman–Crippen LogP) is 4.19. The summed E-state index contributed by atoms with van der Waals surface area (Å²) in [7, 11) is 0. The van der Waals surface area contributed by atoms with Crippen LogP contribution in [0.2, 0.25) is 5.02 Å². The molecule has 0 radical (unpaired) electrons. The number of carbonyl (C=O) groups is 1. The molecule has 1 aromatic heterocycles. The first-order chi connectivity index (χ1) is 7.72. The second-order valence-electron chi connectivity index (χ2n) is 3.92. The molecule has 2 rings (SSSR count). The molecule has 1 aromatic carbocycles. The van der Waals surface area contributed by atoms with Gasteiger partial charge in [-0.25, -0.2) is 0 Å². The molecule has 0 saturated carbocycles. The van der Waals surface area contributed by atoms with Gasteiger partial charge in [0.2, 0.25) is 0 Å². The molecule has 0 atom stereocenters. The maximum absolute atomic E-state index is 11.9. The van der Waals surface area contributed by atoms with Crippen molar-refractivity contribution in [3.8, 4) is 0 Å². The highest BCUT2D eigenvalue weighted by atomic mass is 35.5. The van der Waals surface area contributed by atoms with Crippen molar-refractivity contribution < 1.29 is 4.79 Å². The monoisotopic (exact) mass is 235 g/mol. The number of fused-ring (bicyclic) bond motifs is 1. The van der Waals surface area contributed by atoms with E-state index >= 15 is 0 Å². The highest BCUT2D eigenvalue weighted by molar-refractivity contribution is 6.31. The van der Waals surface area contributed by atoms with E-state index in [0.717, 1.165) is 29.3 Å². The lowest BCUT2D eigenvalue weighted by Gasteiger charge is -1.98. The molecule has 2 aromatic rings. The van der Waals surface area contributed by atoms with Crippen LogP contribution >= 0.6 is 11.6 Å². The highest BCUT2D eigenvalue weighted by Gasteiger charge is 2.11. The van der Waals surface area contributed by atoms with Crippen LogP contribution in [0, 0.1) is 0 Å². The summed E-state index contributed by atoms with van der Waals surface area (Å²) < 4.78 is 0. The minimum absolute atomic E-state index is 0.204. The van der Waals surface area contributed by atoms with Gasteiger partial charge in [-0.3, -0.25) is 4.79 Å². The molecule has 0 amide bonds. The molecule has 1 heterocycles. The third-order valence-electron chi connectivity index (χ3n) is 2.70. The van der Waals surface area contributed by atoms with Gasteiger partial charge in [-0.2, -0.15) is 0 Å². The summed E-state index contributed by atoms with van der Waals surface area (Å²) in [5.41, 5.74) is 1.70. The largest absolute Gasteiger partial charge is 0.360 e. The molecule has 0 fully saturated rings. The molecular formula is C13H14ClNO. The fourth-order valence-corrected chi connectivity index (χ4v) is 1.97. The van der Waals surface area contributed by atoms with Crippen LogP contribution in [0.1, 0.15) is 36.5 Å². The molecule has 0 aliphatic carbocycles. The van der Waals surface area contributed by atoms with E-state index in [4.69, 9.17) is 11.6 Å². The molecule has 0 saturated heterocycles. The van der Waals surface area contributed by atoms with Gasteiger partial charge in [0.05, 0.1) is 0 Å². The van der Waals surface area contributed by atoms with Crippen LogP contribution in [0.4, 0.5) is 0 Å². The van der Waals surface area contributed by atoms with Crippen molar-refractivity contribution in [1.82, 2.24) is 4.98 Å². The number of hydrogen-bond acceptors (Lipinski definition) is 1. The maximum Gasteiger partial charge on any atom is 0.165 e. The molecule has 16 heavy (non-hydrogen) atoms. The Morgan fingerprint density at radius 3 is 3.00 bits per heavy atom. The number of rotatable bonds is 4. The Hall–Kier alpha value is -1.28. The van der Waals surface area contributed by atoms with Crippen LogP contribution in [-0.2, 0) is 0 Å². The summed E-state index contributed by atoms with van der Waals surface area (Å²) in [5.74, 6) is 0.204. The first-order valence-corrected chi connectivity index (χ1v) is 5.90. The van der Waals surface area contributed by atoms with Crippen LogP contribution in [0.15, 0.2) is 24.4 Å². The molecule has 84 valence electrons. The molecule has 0 unspecified atom stereocenters. The molecule has 0 aliphatic rings. The molecule has 3 heteroatoms. The van der Waals surface area contributed by atoms with Gasteiger partial charge in [0.25, 0.3) is 0 Å². The average molecular weight is 236 g/mol. The lowest BCUT2D eigenvalue weighted by atomic mass is 10.1. The quantitative estimate of drug-likeness (QED) is 0.792. The normalized spacial score (nSPS) is 10.9. The average Bonchev–Trinajstić information content (AvgIpc) is 2.68. The number of halogens is 1. The number of H-pyrrole nitrogens is 1. The number of Topliss-reactive ketones (excluding diaryl/α,β-unsaturated/α-hetero) is 1. The van der Waals surface area contributed by atoms with Gasteiger partial charge in [-0.05, 0) is 18.6 Å². The summed E-state index contributed by atoms with van der Waals surface area (Å²) in [5, 5.41) is 1.65. The van der Waals surface area contributed by atoms with Gasteiger partial charge < -0.3 is 4.98 Å². The highest BCUT2D eigenvalue weighted by Crippen LogP contribution is 2.23. The van der Waals surface area contributed by atoms with Crippen molar-refractivity contribution in [1.29, 1.82) is 0 Å². The van der Waals surface area contributed by atoms with E-state index in [0.29, 0.717) is 11.4 Å². The topological polar surface area (TPSA) is 32.9 Å². The Balaban J connectivity index is 2.34. The summed E-state index contributed by atoms with van der Waals surface area (Å²) in [6.45, 7) is 2.09. The minimum Gasteiger partial charge on any atom is -0.360 e. The lowest BCUT2D eigenvalue weighted by Crippen LogP contribution is -1.96. The molecule has 0 aliphatic heterocycles. The number of carbonyl (C=O) groups excluding carboxylic acids is 1. The van der Waals surface area contributed by atoms with Crippen molar-refractivity contribution in [3.05, 3.63) is 35.0 Å². The van der Waals surface area contributed by atoms with E-state index < -0.39 is 0 Å². The second kappa shape index (κ2) is 4.71. The zero-order valence-electron chi connectivity index (χ0n) is 9.22. The number of benzene rings is 1.